The van der Waals surface area contributed by atoms with Crippen LogP contribution >= 0.6 is 11.3 Å². The molecule has 0 atom stereocenters. The molecule has 4 nitrogen and oxygen atoms in total. The zero-order valence-corrected chi connectivity index (χ0v) is 12.6. The predicted octanol–water partition coefficient (Wildman–Crippen LogP) is 2.48. The summed E-state index contributed by atoms with van der Waals surface area (Å²) >= 11 is 1.61. The molecule has 0 saturated heterocycles. The summed E-state index contributed by atoms with van der Waals surface area (Å²) in [6.45, 7) is 0.416. The lowest BCUT2D eigenvalue weighted by atomic mass is 10.2. The number of sulfonamides is 1. The van der Waals surface area contributed by atoms with Crippen LogP contribution in [0.1, 0.15) is 10.4 Å². The van der Waals surface area contributed by atoms with Gasteiger partial charge >= 0.3 is 0 Å². The number of rotatable bonds is 5. The largest absolute Gasteiger partial charge is 0.242 e. The Bertz CT molecular complexity index is 716. The number of benzene rings is 1. The molecule has 0 aliphatic carbocycles. The average molecular weight is 306 g/mol. The summed E-state index contributed by atoms with van der Waals surface area (Å²) in [4.78, 5) is 1.31. The van der Waals surface area contributed by atoms with Gasteiger partial charge in [0.1, 0.15) is 0 Å². The fourth-order valence-electron chi connectivity index (χ4n) is 1.75. The molecule has 2 rings (SSSR count). The second kappa shape index (κ2) is 6.18. The molecule has 1 heterocycles. The molecule has 0 amide bonds. The summed E-state index contributed by atoms with van der Waals surface area (Å²) in [5.41, 5.74) is 0.345. The molecule has 0 saturated carbocycles. The molecule has 0 bridgehead atoms. The molecule has 6 heteroatoms. The van der Waals surface area contributed by atoms with Gasteiger partial charge in [-0.1, -0.05) is 12.1 Å². The van der Waals surface area contributed by atoms with Crippen LogP contribution in [0.25, 0.3) is 0 Å². The summed E-state index contributed by atoms with van der Waals surface area (Å²) in [5.74, 6) is 0. The van der Waals surface area contributed by atoms with Crippen LogP contribution in [-0.2, 0) is 16.4 Å². The molecule has 20 heavy (non-hydrogen) atoms. The van der Waals surface area contributed by atoms with Crippen LogP contribution in [-0.4, -0.2) is 26.3 Å². The van der Waals surface area contributed by atoms with Crippen LogP contribution in [0.2, 0.25) is 0 Å². The molecular formula is C14H14N2O2S2. The summed E-state index contributed by atoms with van der Waals surface area (Å²) in [6, 6.07) is 12.0. The zero-order chi connectivity index (χ0) is 14.6. The van der Waals surface area contributed by atoms with E-state index in [1.165, 1.54) is 16.4 Å². The Labute approximate surface area is 123 Å². The smallest absolute Gasteiger partial charge is 0.207 e. The SMILES string of the molecule is CN(CCc1cccs1)S(=O)(=O)c1cccc(C#N)c1. The topological polar surface area (TPSA) is 61.2 Å². The number of hydrogen-bond donors (Lipinski definition) is 0. The maximum atomic E-state index is 12.4. The van der Waals surface area contributed by atoms with Crippen LogP contribution in [0.4, 0.5) is 0 Å². The molecule has 0 unspecified atom stereocenters. The van der Waals surface area contributed by atoms with Crippen molar-refractivity contribution in [2.75, 3.05) is 13.6 Å². The molecule has 0 radical (unpaired) electrons. The number of nitriles is 1. The van der Waals surface area contributed by atoms with Crippen LogP contribution < -0.4 is 0 Å². The van der Waals surface area contributed by atoms with Gasteiger partial charge in [-0.15, -0.1) is 11.3 Å². The minimum absolute atomic E-state index is 0.158. The molecule has 0 spiro atoms. The van der Waals surface area contributed by atoms with Crippen molar-refractivity contribution in [3.8, 4) is 6.07 Å². The predicted molar refractivity (Wildman–Crippen MR) is 79.0 cm³/mol. The van der Waals surface area contributed by atoms with Crippen molar-refractivity contribution < 1.29 is 8.42 Å². The van der Waals surface area contributed by atoms with E-state index >= 15 is 0 Å². The van der Waals surface area contributed by atoms with Gasteiger partial charge in [0.15, 0.2) is 0 Å². The highest BCUT2D eigenvalue weighted by molar-refractivity contribution is 7.89. The summed E-state index contributed by atoms with van der Waals surface area (Å²) < 4.78 is 26.1. The summed E-state index contributed by atoms with van der Waals surface area (Å²) in [7, 11) is -1.98. The van der Waals surface area contributed by atoms with Crippen molar-refractivity contribution in [3.05, 3.63) is 52.2 Å². The monoisotopic (exact) mass is 306 g/mol. The molecule has 1 aromatic heterocycles. The van der Waals surface area contributed by atoms with Gasteiger partial charge in [-0.05, 0) is 36.1 Å². The molecular weight excluding hydrogens is 292 g/mol. The van der Waals surface area contributed by atoms with Crippen LogP contribution in [0.3, 0.4) is 0 Å². The van der Waals surface area contributed by atoms with Crippen molar-refractivity contribution in [1.82, 2.24) is 4.31 Å². The first kappa shape index (κ1) is 14.7. The van der Waals surface area contributed by atoms with Crippen molar-refractivity contribution in [2.24, 2.45) is 0 Å². The summed E-state index contributed by atoms with van der Waals surface area (Å²) in [6.07, 6.45) is 0.686. The molecule has 0 N–H and O–H groups in total. The van der Waals surface area contributed by atoms with E-state index in [0.29, 0.717) is 18.5 Å². The minimum atomic E-state index is -3.54. The van der Waals surface area contributed by atoms with Crippen molar-refractivity contribution >= 4 is 21.4 Å². The van der Waals surface area contributed by atoms with Crippen molar-refractivity contribution in [1.29, 1.82) is 5.26 Å². The number of thiophene rings is 1. The minimum Gasteiger partial charge on any atom is -0.207 e. The van der Waals surface area contributed by atoms with Gasteiger partial charge in [0.2, 0.25) is 10.0 Å². The maximum absolute atomic E-state index is 12.4. The van der Waals surface area contributed by atoms with Gasteiger partial charge < -0.3 is 0 Å². The van der Waals surface area contributed by atoms with Crippen LogP contribution in [0.15, 0.2) is 46.7 Å². The van der Waals surface area contributed by atoms with Crippen LogP contribution in [0, 0.1) is 11.3 Å². The van der Waals surface area contributed by atoms with E-state index < -0.39 is 10.0 Å². The molecule has 0 aliphatic rings. The number of nitrogens with zero attached hydrogens (tertiary/aromatic N) is 2. The van der Waals surface area contributed by atoms with Gasteiger partial charge in [0, 0.05) is 18.5 Å². The fourth-order valence-corrected chi connectivity index (χ4v) is 3.66. The van der Waals surface area contributed by atoms with Gasteiger partial charge in [-0.25, -0.2) is 12.7 Å². The lowest BCUT2D eigenvalue weighted by molar-refractivity contribution is 0.473. The Hall–Kier alpha value is -1.68. The third-order valence-electron chi connectivity index (χ3n) is 2.92. The van der Waals surface area contributed by atoms with E-state index in [9.17, 15) is 8.42 Å². The first-order chi connectivity index (χ1) is 9.54. The zero-order valence-electron chi connectivity index (χ0n) is 11.0. The van der Waals surface area contributed by atoms with E-state index in [4.69, 9.17) is 5.26 Å². The Balaban J connectivity index is 2.14. The van der Waals surface area contributed by atoms with Crippen molar-refractivity contribution in [3.63, 3.8) is 0 Å². The van der Waals surface area contributed by atoms with Gasteiger partial charge in [-0.3, -0.25) is 0 Å². The third-order valence-corrected chi connectivity index (χ3v) is 5.71. The van der Waals surface area contributed by atoms with Crippen molar-refractivity contribution in [2.45, 2.75) is 11.3 Å². The highest BCUT2D eigenvalue weighted by Gasteiger charge is 2.20. The van der Waals surface area contributed by atoms with Gasteiger partial charge in [0.25, 0.3) is 0 Å². The van der Waals surface area contributed by atoms with E-state index in [-0.39, 0.29) is 4.90 Å². The molecule has 2 aromatic rings. The third kappa shape index (κ3) is 3.25. The Kier molecular flexibility index (Phi) is 4.55. The Morgan fingerprint density at radius 3 is 2.75 bits per heavy atom. The van der Waals surface area contributed by atoms with Gasteiger partial charge in [-0.2, -0.15) is 5.26 Å². The van der Waals surface area contributed by atoms with E-state index in [1.54, 1.807) is 30.5 Å². The quantitative estimate of drug-likeness (QED) is 0.852. The second-order valence-corrected chi connectivity index (χ2v) is 7.37. The van der Waals surface area contributed by atoms with E-state index in [0.717, 1.165) is 4.88 Å². The molecule has 1 aromatic carbocycles. The normalized spacial score (nSPS) is 11.4. The van der Waals surface area contributed by atoms with Crippen LogP contribution in [0.5, 0.6) is 0 Å². The lowest BCUT2D eigenvalue weighted by Crippen LogP contribution is -2.28. The Morgan fingerprint density at radius 2 is 2.10 bits per heavy atom. The summed E-state index contributed by atoms with van der Waals surface area (Å²) in [5, 5.41) is 10.8. The molecule has 104 valence electrons. The van der Waals surface area contributed by atoms with Gasteiger partial charge in [0.05, 0.1) is 16.5 Å². The maximum Gasteiger partial charge on any atom is 0.242 e. The highest BCUT2D eigenvalue weighted by atomic mass is 32.2. The fraction of sp³-hybridized carbons (Fsp3) is 0.214. The van der Waals surface area contributed by atoms with E-state index in [2.05, 4.69) is 0 Å². The lowest BCUT2D eigenvalue weighted by Gasteiger charge is -2.16. The molecule has 0 fully saturated rings. The first-order valence-electron chi connectivity index (χ1n) is 6.03. The Morgan fingerprint density at radius 1 is 1.30 bits per heavy atom. The average Bonchev–Trinajstić information content (AvgIpc) is 2.98. The second-order valence-electron chi connectivity index (χ2n) is 4.30. The number of likely N-dealkylation sites (N-methyl/N-ethyl adjacent to an activating group) is 1. The highest BCUT2D eigenvalue weighted by Crippen LogP contribution is 2.17. The number of hydrogen-bond acceptors (Lipinski definition) is 4. The van der Waals surface area contributed by atoms with E-state index in [1.807, 2.05) is 23.6 Å². The first-order valence-corrected chi connectivity index (χ1v) is 8.35. The standard InChI is InChI=1S/C14H14N2O2S2/c1-16(8-7-13-5-3-9-19-13)20(17,18)14-6-2-4-12(10-14)11-15/h2-6,9-10H,7-8H2,1H3. The molecule has 0 aliphatic heterocycles.